The summed E-state index contributed by atoms with van der Waals surface area (Å²) in [7, 11) is 1.30. The number of nitrogens with one attached hydrogen (secondary N) is 1. The van der Waals surface area contributed by atoms with Crippen molar-refractivity contribution in [3.05, 3.63) is 41.7 Å². The molecule has 3 heterocycles. The summed E-state index contributed by atoms with van der Waals surface area (Å²) >= 11 is 0. The average Bonchev–Trinajstić information content (AvgIpc) is 3.05. The van der Waals surface area contributed by atoms with Gasteiger partial charge in [-0.2, -0.15) is 0 Å². The molecule has 0 bridgehead atoms. The fourth-order valence-corrected chi connectivity index (χ4v) is 3.13. The van der Waals surface area contributed by atoms with E-state index in [9.17, 15) is 9.59 Å². The predicted octanol–water partition coefficient (Wildman–Crippen LogP) is 1.98. The van der Waals surface area contributed by atoms with Crippen LogP contribution in [0.5, 0.6) is 0 Å². The van der Waals surface area contributed by atoms with Crippen molar-refractivity contribution in [3.63, 3.8) is 0 Å². The number of rotatable bonds is 2. The van der Waals surface area contributed by atoms with Gasteiger partial charge in [-0.1, -0.05) is 18.2 Å². The Hall–Kier alpha value is -2.93. The van der Waals surface area contributed by atoms with Gasteiger partial charge in [0.25, 0.3) is 5.91 Å². The molecule has 3 aromatic rings. The molecule has 2 aromatic heterocycles. The van der Waals surface area contributed by atoms with Crippen molar-refractivity contribution in [2.24, 2.45) is 0 Å². The van der Waals surface area contributed by atoms with E-state index in [1.54, 1.807) is 11.0 Å². The van der Waals surface area contributed by atoms with Gasteiger partial charge in [-0.15, -0.1) is 0 Å². The Bertz CT molecular complexity index is 973. The van der Waals surface area contributed by atoms with Gasteiger partial charge >= 0.3 is 5.97 Å². The number of carbonyl (C=O) groups is 2. The standard InChI is InChI=1S/C18H17N3O4/c1-24-18(23)14-10-12-11-4-2-3-5-13(11)19-15(12)16(20-14)17(22)21-6-8-25-9-7-21/h2-5,10,19H,6-9H2,1H3. The largest absolute Gasteiger partial charge is 0.464 e. The fraction of sp³-hybridized carbons (Fsp3) is 0.278. The minimum atomic E-state index is -0.566. The van der Waals surface area contributed by atoms with Crippen LogP contribution in [0.4, 0.5) is 0 Å². The maximum atomic E-state index is 13.0. The Morgan fingerprint density at radius 3 is 2.72 bits per heavy atom. The molecule has 1 aliphatic rings. The summed E-state index contributed by atoms with van der Waals surface area (Å²) in [5, 5.41) is 1.71. The lowest BCUT2D eigenvalue weighted by Crippen LogP contribution is -2.41. The molecule has 25 heavy (non-hydrogen) atoms. The van der Waals surface area contributed by atoms with Crippen molar-refractivity contribution in [1.82, 2.24) is 14.9 Å². The molecule has 4 rings (SSSR count). The molecule has 1 aliphatic heterocycles. The van der Waals surface area contributed by atoms with Crippen LogP contribution in [-0.2, 0) is 9.47 Å². The first-order valence-electron chi connectivity index (χ1n) is 8.06. The molecule has 1 amide bonds. The first-order chi connectivity index (χ1) is 12.2. The number of aromatic amines is 1. The number of morpholine rings is 1. The summed E-state index contributed by atoms with van der Waals surface area (Å²) in [5.74, 6) is -0.784. The maximum Gasteiger partial charge on any atom is 0.356 e. The first-order valence-corrected chi connectivity index (χ1v) is 8.06. The second kappa shape index (κ2) is 6.18. The van der Waals surface area contributed by atoms with Crippen LogP contribution >= 0.6 is 0 Å². The number of carbonyl (C=O) groups excluding carboxylic acids is 2. The number of hydrogen-bond acceptors (Lipinski definition) is 5. The van der Waals surface area contributed by atoms with E-state index < -0.39 is 5.97 Å². The van der Waals surface area contributed by atoms with E-state index in [-0.39, 0.29) is 17.3 Å². The Morgan fingerprint density at radius 2 is 1.96 bits per heavy atom. The highest BCUT2D eigenvalue weighted by Crippen LogP contribution is 2.28. The Balaban J connectivity index is 1.94. The van der Waals surface area contributed by atoms with Crippen LogP contribution in [0.3, 0.4) is 0 Å². The van der Waals surface area contributed by atoms with Crippen LogP contribution in [0.15, 0.2) is 30.3 Å². The van der Waals surface area contributed by atoms with Gasteiger partial charge in [0.1, 0.15) is 5.69 Å². The summed E-state index contributed by atoms with van der Waals surface area (Å²) in [6, 6.07) is 9.36. The molecule has 0 unspecified atom stereocenters. The summed E-state index contributed by atoms with van der Waals surface area (Å²) in [5.41, 5.74) is 1.87. The van der Waals surface area contributed by atoms with Crippen molar-refractivity contribution in [2.45, 2.75) is 0 Å². The van der Waals surface area contributed by atoms with E-state index in [2.05, 4.69) is 9.97 Å². The molecule has 0 aliphatic carbocycles. The molecule has 7 nitrogen and oxygen atoms in total. The molecular formula is C18H17N3O4. The number of para-hydroxylation sites is 1. The number of aromatic nitrogens is 2. The van der Waals surface area contributed by atoms with Gasteiger partial charge in [0.2, 0.25) is 0 Å². The minimum Gasteiger partial charge on any atom is -0.464 e. The monoisotopic (exact) mass is 339 g/mol. The molecule has 0 saturated carbocycles. The van der Waals surface area contributed by atoms with E-state index in [1.807, 2.05) is 24.3 Å². The molecule has 1 N–H and O–H groups in total. The van der Waals surface area contributed by atoms with Gasteiger partial charge < -0.3 is 19.4 Å². The second-order valence-corrected chi connectivity index (χ2v) is 5.85. The van der Waals surface area contributed by atoms with E-state index >= 15 is 0 Å². The van der Waals surface area contributed by atoms with Crippen LogP contribution in [-0.4, -0.2) is 60.2 Å². The predicted molar refractivity (Wildman–Crippen MR) is 91.7 cm³/mol. The van der Waals surface area contributed by atoms with E-state index in [0.717, 1.165) is 16.3 Å². The summed E-state index contributed by atoms with van der Waals surface area (Å²) in [6.07, 6.45) is 0. The summed E-state index contributed by atoms with van der Waals surface area (Å²) < 4.78 is 10.1. The van der Waals surface area contributed by atoms with Gasteiger partial charge in [-0.05, 0) is 12.1 Å². The maximum absolute atomic E-state index is 13.0. The second-order valence-electron chi connectivity index (χ2n) is 5.85. The van der Waals surface area contributed by atoms with Gasteiger partial charge in [0, 0.05) is 29.4 Å². The molecule has 128 valence electrons. The van der Waals surface area contributed by atoms with Crippen molar-refractivity contribution < 1.29 is 19.1 Å². The van der Waals surface area contributed by atoms with Crippen LogP contribution < -0.4 is 0 Å². The zero-order chi connectivity index (χ0) is 17.4. The summed E-state index contributed by atoms with van der Waals surface area (Å²) in [4.78, 5) is 34.3. The smallest absolute Gasteiger partial charge is 0.356 e. The quantitative estimate of drug-likeness (QED) is 0.722. The molecule has 7 heteroatoms. The lowest BCUT2D eigenvalue weighted by Gasteiger charge is -2.26. The topological polar surface area (TPSA) is 84.5 Å². The number of pyridine rings is 1. The van der Waals surface area contributed by atoms with E-state index in [0.29, 0.717) is 31.8 Å². The van der Waals surface area contributed by atoms with E-state index in [4.69, 9.17) is 9.47 Å². The Morgan fingerprint density at radius 1 is 1.20 bits per heavy atom. The molecule has 1 saturated heterocycles. The number of amides is 1. The van der Waals surface area contributed by atoms with Crippen molar-refractivity contribution in [2.75, 3.05) is 33.4 Å². The zero-order valence-corrected chi connectivity index (χ0v) is 13.7. The number of fused-ring (bicyclic) bond motifs is 3. The van der Waals surface area contributed by atoms with E-state index in [1.165, 1.54) is 7.11 Å². The summed E-state index contributed by atoms with van der Waals surface area (Å²) in [6.45, 7) is 2.01. The number of methoxy groups -OCH3 is 1. The van der Waals surface area contributed by atoms with Gasteiger partial charge in [0.05, 0.1) is 25.8 Å². The normalized spacial score (nSPS) is 14.8. The van der Waals surface area contributed by atoms with Crippen molar-refractivity contribution in [1.29, 1.82) is 0 Å². The minimum absolute atomic E-state index is 0.122. The van der Waals surface area contributed by atoms with Crippen LogP contribution in [0.1, 0.15) is 21.0 Å². The highest BCUT2D eigenvalue weighted by atomic mass is 16.5. The highest BCUT2D eigenvalue weighted by molar-refractivity contribution is 6.15. The zero-order valence-electron chi connectivity index (χ0n) is 13.7. The lowest BCUT2D eigenvalue weighted by atomic mass is 10.1. The van der Waals surface area contributed by atoms with Crippen LogP contribution in [0, 0.1) is 0 Å². The number of nitrogens with zero attached hydrogens (tertiary/aromatic N) is 2. The average molecular weight is 339 g/mol. The number of ether oxygens (including phenoxy) is 2. The third-order valence-electron chi connectivity index (χ3n) is 4.39. The molecule has 1 fully saturated rings. The van der Waals surface area contributed by atoms with Crippen LogP contribution in [0.25, 0.3) is 21.8 Å². The first kappa shape index (κ1) is 15.6. The number of esters is 1. The number of H-pyrrole nitrogens is 1. The third-order valence-corrected chi connectivity index (χ3v) is 4.39. The van der Waals surface area contributed by atoms with Crippen molar-refractivity contribution in [3.8, 4) is 0 Å². The van der Waals surface area contributed by atoms with Gasteiger partial charge in [0.15, 0.2) is 5.69 Å². The lowest BCUT2D eigenvalue weighted by molar-refractivity contribution is 0.0300. The molecular weight excluding hydrogens is 322 g/mol. The highest BCUT2D eigenvalue weighted by Gasteiger charge is 2.25. The number of hydrogen-bond donors (Lipinski definition) is 1. The SMILES string of the molecule is COC(=O)c1cc2c([nH]c3ccccc32)c(C(=O)N2CCOCC2)n1. The van der Waals surface area contributed by atoms with Gasteiger partial charge in [-0.25, -0.2) is 9.78 Å². The fourth-order valence-electron chi connectivity index (χ4n) is 3.13. The molecule has 0 atom stereocenters. The van der Waals surface area contributed by atoms with Crippen molar-refractivity contribution >= 4 is 33.7 Å². The molecule has 0 radical (unpaired) electrons. The third kappa shape index (κ3) is 2.62. The molecule has 0 spiro atoms. The number of benzene rings is 1. The Kier molecular flexibility index (Phi) is 3.85. The van der Waals surface area contributed by atoms with Crippen LogP contribution in [0.2, 0.25) is 0 Å². The Labute approximate surface area is 143 Å². The van der Waals surface area contributed by atoms with Gasteiger partial charge in [-0.3, -0.25) is 4.79 Å². The molecule has 1 aromatic carbocycles.